The highest BCUT2D eigenvalue weighted by atomic mass is 14.8. The van der Waals surface area contributed by atoms with Crippen LogP contribution in [0.4, 0.5) is 0 Å². The van der Waals surface area contributed by atoms with Gasteiger partial charge in [0.25, 0.3) is 0 Å². The van der Waals surface area contributed by atoms with Crippen LogP contribution in [0.2, 0.25) is 0 Å². The fraction of sp³-hybridized carbons (Fsp3) is 0.200. The van der Waals surface area contributed by atoms with Crippen LogP contribution in [0.3, 0.4) is 0 Å². The highest BCUT2D eigenvalue weighted by Crippen LogP contribution is 1.76. The van der Waals surface area contributed by atoms with Crippen molar-refractivity contribution in [2.24, 2.45) is 9.98 Å². The minimum Gasteiger partial charge on any atom is -0.259 e. The van der Waals surface area contributed by atoms with E-state index in [4.69, 9.17) is 0 Å². The first-order chi connectivity index (χ1) is 3.50. The largest absolute Gasteiger partial charge is 0.259 e. The Kier molecular flexibility index (Phi) is 1.39. The second-order valence-electron chi connectivity index (χ2n) is 1.15. The first-order valence-electron chi connectivity index (χ1n) is 2.10. The average Bonchev–Trinajstić information content (AvgIpc) is 1.90. The quantitative estimate of drug-likeness (QED) is 0.417. The number of aliphatic imine (C=N–C) groups is 2. The summed E-state index contributed by atoms with van der Waals surface area (Å²) in [7, 11) is 0. The standard InChI is InChI=1S/C5H5N2/c1-2-4-7-5-6-3-1/h1-3H,4H2. The summed E-state index contributed by atoms with van der Waals surface area (Å²) >= 11 is 0. The van der Waals surface area contributed by atoms with E-state index in [9.17, 15) is 0 Å². The molecule has 0 saturated carbocycles. The first-order valence-corrected chi connectivity index (χ1v) is 2.10. The lowest BCUT2D eigenvalue weighted by molar-refractivity contribution is 1.26. The molecule has 1 aliphatic heterocycles. The van der Waals surface area contributed by atoms with Gasteiger partial charge in [0.15, 0.2) is 6.34 Å². The molecule has 0 aliphatic carbocycles. The summed E-state index contributed by atoms with van der Waals surface area (Å²) < 4.78 is 0. The Bertz CT molecular complexity index is 108. The van der Waals surface area contributed by atoms with Gasteiger partial charge in [0.05, 0.1) is 6.54 Å². The fourth-order valence-electron chi connectivity index (χ4n) is 0.332. The van der Waals surface area contributed by atoms with Crippen LogP contribution in [0.25, 0.3) is 0 Å². The zero-order valence-corrected chi connectivity index (χ0v) is 3.83. The Morgan fingerprint density at radius 1 is 1.57 bits per heavy atom. The van der Waals surface area contributed by atoms with Crippen LogP contribution in [-0.2, 0) is 0 Å². The summed E-state index contributed by atoms with van der Waals surface area (Å²) in [6.45, 7) is 0.708. The van der Waals surface area contributed by atoms with Crippen LogP contribution in [0, 0.1) is 0 Å². The van der Waals surface area contributed by atoms with Crippen LogP contribution >= 0.6 is 0 Å². The maximum absolute atomic E-state index is 3.74. The Hall–Kier alpha value is -0.920. The van der Waals surface area contributed by atoms with Crippen molar-refractivity contribution in [2.75, 3.05) is 6.54 Å². The van der Waals surface area contributed by atoms with Gasteiger partial charge in [-0.3, -0.25) is 4.99 Å². The minimum absolute atomic E-state index is 0.708. The molecule has 1 aliphatic rings. The summed E-state index contributed by atoms with van der Waals surface area (Å²) in [6.07, 6.45) is 7.91. The van der Waals surface area contributed by atoms with Crippen LogP contribution in [0.15, 0.2) is 22.1 Å². The van der Waals surface area contributed by atoms with E-state index in [0.717, 1.165) is 0 Å². The van der Waals surface area contributed by atoms with Crippen LogP contribution in [0.5, 0.6) is 0 Å². The molecule has 0 amide bonds. The Morgan fingerprint density at radius 2 is 2.57 bits per heavy atom. The molecule has 1 radical (unpaired) electrons. The molecule has 0 atom stereocenters. The lowest BCUT2D eigenvalue weighted by Gasteiger charge is -1.69. The van der Waals surface area contributed by atoms with Gasteiger partial charge in [-0.25, -0.2) is 4.99 Å². The number of rotatable bonds is 0. The number of nitrogens with zero attached hydrogens (tertiary/aromatic N) is 2. The van der Waals surface area contributed by atoms with Gasteiger partial charge in [-0.1, -0.05) is 6.08 Å². The van der Waals surface area contributed by atoms with Crippen molar-refractivity contribution in [1.82, 2.24) is 0 Å². The fourth-order valence-corrected chi connectivity index (χ4v) is 0.332. The molecule has 0 spiro atoms. The summed E-state index contributed by atoms with van der Waals surface area (Å²) in [5.41, 5.74) is 0. The topological polar surface area (TPSA) is 24.7 Å². The van der Waals surface area contributed by atoms with Gasteiger partial charge in [0, 0.05) is 6.21 Å². The Morgan fingerprint density at radius 3 is 3.57 bits per heavy atom. The maximum atomic E-state index is 3.74. The SMILES string of the molecule is [C]1=NCC=CC=N1. The van der Waals surface area contributed by atoms with Gasteiger partial charge < -0.3 is 0 Å². The third-order valence-corrected chi connectivity index (χ3v) is 0.622. The van der Waals surface area contributed by atoms with E-state index in [2.05, 4.69) is 16.3 Å². The van der Waals surface area contributed by atoms with Gasteiger partial charge in [0.2, 0.25) is 0 Å². The molecule has 0 fully saturated rings. The molecule has 0 aromatic rings. The van der Waals surface area contributed by atoms with E-state index in [-0.39, 0.29) is 0 Å². The van der Waals surface area contributed by atoms with E-state index in [1.807, 2.05) is 12.2 Å². The highest BCUT2D eigenvalue weighted by molar-refractivity contribution is 5.80. The third-order valence-electron chi connectivity index (χ3n) is 0.622. The van der Waals surface area contributed by atoms with Crippen molar-refractivity contribution >= 4 is 12.6 Å². The zero-order valence-electron chi connectivity index (χ0n) is 3.83. The van der Waals surface area contributed by atoms with E-state index in [0.29, 0.717) is 6.54 Å². The lowest BCUT2D eigenvalue weighted by atomic mass is 10.5. The molecule has 0 aromatic heterocycles. The molecule has 7 heavy (non-hydrogen) atoms. The molecule has 0 bridgehead atoms. The van der Waals surface area contributed by atoms with E-state index >= 15 is 0 Å². The number of hydrogen-bond acceptors (Lipinski definition) is 2. The van der Waals surface area contributed by atoms with Crippen LogP contribution < -0.4 is 0 Å². The normalized spacial score (nSPS) is 17.1. The van der Waals surface area contributed by atoms with Crippen LogP contribution in [0.1, 0.15) is 0 Å². The van der Waals surface area contributed by atoms with Gasteiger partial charge in [-0.2, -0.15) is 0 Å². The van der Waals surface area contributed by atoms with Gasteiger partial charge in [-0.15, -0.1) is 0 Å². The molecule has 1 heterocycles. The zero-order chi connectivity index (χ0) is 4.95. The van der Waals surface area contributed by atoms with Crippen molar-refractivity contribution in [1.29, 1.82) is 0 Å². The van der Waals surface area contributed by atoms with Crippen molar-refractivity contribution in [3.8, 4) is 0 Å². The molecule has 1 rings (SSSR count). The van der Waals surface area contributed by atoms with Crippen molar-refractivity contribution < 1.29 is 0 Å². The third kappa shape index (κ3) is 1.30. The molecule has 35 valence electrons. The molecule has 0 saturated heterocycles. The highest BCUT2D eigenvalue weighted by Gasteiger charge is 1.72. The molecular weight excluding hydrogens is 88.1 g/mol. The van der Waals surface area contributed by atoms with E-state index < -0.39 is 0 Å². The van der Waals surface area contributed by atoms with E-state index in [1.165, 1.54) is 0 Å². The number of hydrogen-bond donors (Lipinski definition) is 0. The molecule has 2 nitrogen and oxygen atoms in total. The van der Waals surface area contributed by atoms with Crippen molar-refractivity contribution in [2.45, 2.75) is 0 Å². The summed E-state index contributed by atoms with van der Waals surface area (Å²) in [5, 5.41) is 0. The second kappa shape index (κ2) is 2.29. The van der Waals surface area contributed by atoms with Crippen molar-refractivity contribution in [3.05, 3.63) is 12.2 Å². The molecular formula is C5H5N2. The monoisotopic (exact) mass is 93.0 g/mol. The van der Waals surface area contributed by atoms with Gasteiger partial charge in [-0.05, 0) is 6.08 Å². The minimum atomic E-state index is 0.708. The van der Waals surface area contributed by atoms with Gasteiger partial charge >= 0.3 is 0 Å². The van der Waals surface area contributed by atoms with Gasteiger partial charge in [0.1, 0.15) is 0 Å². The molecule has 0 aromatic carbocycles. The van der Waals surface area contributed by atoms with Crippen LogP contribution in [-0.4, -0.2) is 19.1 Å². The smallest absolute Gasteiger partial charge is 0.193 e. The summed E-state index contributed by atoms with van der Waals surface area (Å²) in [5.74, 6) is 0. The second-order valence-corrected chi connectivity index (χ2v) is 1.15. The Balaban J connectivity index is 2.60. The molecule has 2 heteroatoms. The molecule has 0 N–H and O–H groups in total. The Labute approximate surface area is 42.3 Å². The summed E-state index contributed by atoms with van der Waals surface area (Å²) in [6, 6.07) is 0. The van der Waals surface area contributed by atoms with Crippen molar-refractivity contribution in [3.63, 3.8) is 0 Å². The average molecular weight is 93.1 g/mol. The predicted octanol–water partition coefficient (Wildman–Crippen LogP) is 0.532. The maximum Gasteiger partial charge on any atom is 0.193 e. The summed E-state index contributed by atoms with van der Waals surface area (Å²) in [4.78, 5) is 7.38. The lowest BCUT2D eigenvalue weighted by Crippen LogP contribution is -1.66. The van der Waals surface area contributed by atoms with E-state index in [1.54, 1.807) is 6.21 Å². The predicted molar refractivity (Wildman–Crippen MR) is 29.9 cm³/mol. The molecule has 0 unspecified atom stereocenters. The number of allylic oxidation sites excluding steroid dienone is 1. The first kappa shape index (κ1) is 4.24.